The van der Waals surface area contributed by atoms with Gasteiger partial charge >= 0.3 is 0 Å². The number of piperidine rings is 1. The molecule has 4 heteroatoms. The zero-order chi connectivity index (χ0) is 10.8. The number of aromatic nitrogens is 1. The summed E-state index contributed by atoms with van der Waals surface area (Å²) in [5, 5.41) is 0.476. The summed E-state index contributed by atoms with van der Waals surface area (Å²) >= 11 is 5.88. The predicted octanol–water partition coefficient (Wildman–Crippen LogP) is 2.55. The number of nitrogens with two attached hydrogens (primary N) is 1. The van der Waals surface area contributed by atoms with Crippen molar-refractivity contribution in [1.82, 2.24) is 4.98 Å². The van der Waals surface area contributed by atoms with Crippen LogP contribution in [0.25, 0.3) is 0 Å². The maximum atomic E-state index is 5.88. The third-order valence-corrected chi connectivity index (χ3v) is 3.10. The highest BCUT2D eigenvalue weighted by Gasteiger charge is 2.17. The van der Waals surface area contributed by atoms with E-state index in [0.717, 1.165) is 24.8 Å². The highest BCUT2D eigenvalue weighted by atomic mass is 35.5. The van der Waals surface area contributed by atoms with Gasteiger partial charge in [0.1, 0.15) is 11.0 Å². The first-order chi connectivity index (χ1) is 7.15. The van der Waals surface area contributed by atoms with Gasteiger partial charge in [0.15, 0.2) is 0 Å². The van der Waals surface area contributed by atoms with Crippen molar-refractivity contribution in [2.45, 2.75) is 19.8 Å². The van der Waals surface area contributed by atoms with Gasteiger partial charge in [-0.25, -0.2) is 4.98 Å². The minimum absolute atomic E-state index is 0.476. The lowest BCUT2D eigenvalue weighted by Crippen LogP contribution is -2.33. The summed E-state index contributed by atoms with van der Waals surface area (Å²) in [6, 6.07) is 3.57. The van der Waals surface area contributed by atoms with Crippen LogP contribution in [0, 0.1) is 5.92 Å². The SMILES string of the molecule is CC1CCN(c2cc(N)cc(Cl)n2)CC1. The van der Waals surface area contributed by atoms with Crippen LogP contribution in [-0.4, -0.2) is 18.1 Å². The van der Waals surface area contributed by atoms with Gasteiger partial charge in [0, 0.05) is 24.8 Å². The molecule has 2 heterocycles. The highest BCUT2D eigenvalue weighted by molar-refractivity contribution is 6.29. The molecule has 1 fully saturated rings. The fourth-order valence-corrected chi connectivity index (χ4v) is 2.11. The molecule has 1 saturated heterocycles. The molecule has 2 N–H and O–H groups in total. The van der Waals surface area contributed by atoms with Crippen molar-refractivity contribution in [3.05, 3.63) is 17.3 Å². The van der Waals surface area contributed by atoms with E-state index in [1.54, 1.807) is 6.07 Å². The summed E-state index contributed by atoms with van der Waals surface area (Å²) in [4.78, 5) is 6.55. The van der Waals surface area contributed by atoms with Gasteiger partial charge in [0.25, 0.3) is 0 Å². The van der Waals surface area contributed by atoms with E-state index in [2.05, 4.69) is 16.8 Å². The number of pyridine rings is 1. The van der Waals surface area contributed by atoms with Crippen LogP contribution in [0.2, 0.25) is 5.15 Å². The zero-order valence-electron chi connectivity index (χ0n) is 8.91. The Morgan fingerprint density at radius 3 is 2.67 bits per heavy atom. The maximum absolute atomic E-state index is 5.88. The van der Waals surface area contributed by atoms with Crippen LogP contribution in [0.4, 0.5) is 11.5 Å². The van der Waals surface area contributed by atoms with E-state index in [1.165, 1.54) is 12.8 Å². The molecule has 0 saturated carbocycles. The average Bonchev–Trinajstić information content (AvgIpc) is 2.17. The number of halogens is 1. The van der Waals surface area contributed by atoms with E-state index >= 15 is 0 Å². The molecule has 0 aliphatic carbocycles. The predicted molar refractivity (Wildman–Crippen MR) is 64.3 cm³/mol. The van der Waals surface area contributed by atoms with E-state index in [1.807, 2.05) is 6.07 Å². The molecule has 0 atom stereocenters. The van der Waals surface area contributed by atoms with Crippen molar-refractivity contribution in [2.24, 2.45) is 5.92 Å². The van der Waals surface area contributed by atoms with Crippen molar-refractivity contribution in [2.75, 3.05) is 23.7 Å². The Hall–Kier alpha value is -0.960. The molecule has 15 heavy (non-hydrogen) atoms. The summed E-state index contributed by atoms with van der Waals surface area (Å²) in [5.74, 6) is 1.73. The molecule has 2 rings (SSSR count). The average molecular weight is 226 g/mol. The van der Waals surface area contributed by atoms with Gasteiger partial charge < -0.3 is 10.6 Å². The maximum Gasteiger partial charge on any atom is 0.133 e. The molecule has 1 aliphatic rings. The van der Waals surface area contributed by atoms with Gasteiger partial charge in [0.05, 0.1) is 0 Å². The second-order valence-electron chi connectivity index (χ2n) is 4.25. The second-order valence-corrected chi connectivity index (χ2v) is 4.64. The van der Waals surface area contributed by atoms with Crippen LogP contribution in [0.5, 0.6) is 0 Å². The smallest absolute Gasteiger partial charge is 0.133 e. The zero-order valence-corrected chi connectivity index (χ0v) is 9.67. The second kappa shape index (κ2) is 4.27. The Kier molecular flexibility index (Phi) is 3.00. The standard InChI is InChI=1S/C11H16ClN3/c1-8-2-4-15(5-3-8)11-7-9(13)6-10(12)14-11/h6-8H,2-5H2,1H3,(H2,13,14). The van der Waals surface area contributed by atoms with Crippen molar-refractivity contribution in [3.8, 4) is 0 Å². The summed E-state index contributed by atoms with van der Waals surface area (Å²) in [5.41, 5.74) is 6.43. The third kappa shape index (κ3) is 2.53. The summed E-state index contributed by atoms with van der Waals surface area (Å²) < 4.78 is 0. The largest absolute Gasteiger partial charge is 0.399 e. The van der Waals surface area contributed by atoms with E-state index in [0.29, 0.717) is 10.8 Å². The van der Waals surface area contributed by atoms with Gasteiger partial charge in [0.2, 0.25) is 0 Å². The first-order valence-corrected chi connectivity index (χ1v) is 5.71. The van der Waals surface area contributed by atoms with Crippen LogP contribution in [0.15, 0.2) is 12.1 Å². The van der Waals surface area contributed by atoms with Crippen LogP contribution >= 0.6 is 11.6 Å². The quantitative estimate of drug-likeness (QED) is 0.747. The molecule has 3 nitrogen and oxygen atoms in total. The molecular formula is C11H16ClN3. The van der Waals surface area contributed by atoms with E-state index < -0.39 is 0 Å². The minimum atomic E-state index is 0.476. The molecule has 0 unspecified atom stereocenters. The van der Waals surface area contributed by atoms with Gasteiger partial charge in [-0.2, -0.15) is 0 Å². The summed E-state index contributed by atoms with van der Waals surface area (Å²) in [6.07, 6.45) is 2.43. The topological polar surface area (TPSA) is 42.1 Å². The fraction of sp³-hybridized carbons (Fsp3) is 0.545. The van der Waals surface area contributed by atoms with Crippen LogP contribution in [-0.2, 0) is 0 Å². The number of nitrogens with zero attached hydrogens (tertiary/aromatic N) is 2. The van der Waals surface area contributed by atoms with Crippen LogP contribution in [0.1, 0.15) is 19.8 Å². The Morgan fingerprint density at radius 2 is 2.07 bits per heavy atom. The first kappa shape index (κ1) is 10.6. The minimum Gasteiger partial charge on any atom is -0.399 e. The lowest BCUT2D eigenvalue weighted by atomic mass is 9.99. The van der Waals surface area contributed by atoms with Crippen molar-refractivity contribution < 1.29 is 0 Å². The molecule has 1 aromatic rings. The molecule has 0 bridgehead atoms. The third-order valence-electron chi connectivity index (χ3n) is 2.91. The van der Waals surface area contributed by atoms with Gasteiger partial charge in [-0.15, -0.1) is 0 Å². The first-order valence-electron chi connectivity index (χ1n) is 5.33. The Labute approximate surface area is 95.2 Å². The molecule has 0 spiro atoms. The van der Waals surface area contributed by atoms with Crippen molar-refractivity contribution >= 4 is 23.1 Å². The Bertz CT molecular complexity index is 325. The Morgan fingerprint density at radius 1 is 1.40 bits per heavy atom. The van der Waals surface area contributed by atoms with Gasteiger partial charge in [-0.1, -0.05) is 18.5 Å². The van der Waals surface area contributed by atoms with Crippen molar-refractivity contribution in [1.29, 1.82) is 0 Å². The lowest BCUT2D eigenvalue weighted by molar-refractivity contribution is 0.436. The van der Waals surface area contributed by atoms with E-state index in [-0.39, 0.29) is 0 Å². The molecular weight excluding hydrogens is 210 g/mol. The normalized spacial score (nSPS) is 18.1. The molecule has 0 amide bonds. The highest BCUT2D eigenvalue weighted by Crippen LogP contribution is 2.24. The van der Waals surface area contributed by atoms with E-state index in [4.69, 9.17) is 17.3 Å². The number of hydrogen-bond donors (Lipinski definition) is 1. The summed E-state index contributed by atoms with van der Waals surface area (Å²) in [6.45, 7) is 4.39. The lowest BCUT2D eigenvalue weighted by Gasteiger charge is -2.31. The summed E-state index contributed by atoms with van der Waals surface area (Å²) in [7, 11) is 0. The molecule has 1 aromatic heterocycles. The number of nitrogen functional groups attached to an aromatic ring is 1. The molecule has 0 aromatic carbocycles. The van der Waals surface area contributed by atoms with Gasteiger partial charge in [-0.05, 0) is 24.8 Å². The van der Waals surface area contributed by atoms with Crippen molar-refractivity contribution in [3.63, 3.8) is 0 Å². The molecule has 1 aliphatic heterocycles. The van der Waals surface area contributed by atoms with E-state index in [9.17, 15) is 0 Å². The molecule has 82 valence electrons. The van der Waals surface area contributed by atoms with Gasteiger partial charge in [-0.3, -0.25) is 0 Å². The van der Waals surface area contributed by atoms with Crippen LogP contribution in [0.3, 0.4) is 0 Å². The number of anilines is 2. The van der Waals surface area contributed by atoms with Crippen LogP contribution < -0.4 is 10.6 Å². The Balaban J connectivity index is 2.15. The number of hydrogen-bond acceptors (Lipinski definition) is 3. The number of rotatable bonds is 1. The molecule has 0 radical (unpaired) electrons. The fourth-order valence-electron chi connectivity index (χ4n) is 1.90. The monoisotopic (exact) mass is 225 g/mol.